The second kappa shape index (κ2) is 4.86. The highest BCUT2D eigenvalue weighted by atomic mass is 16.3. The molecule has 0 spiro atoms. The Balaban J connectivity index is 1.69. The first-order valence-corrected chi connectivity index (χ1v) is 6.46. The average Bonchev–Trinajstić information content (AvgIpc) is 3.08. The van der Waals surface area contributed by atoms with Crippen LogP contribution in [0.1, 0.15) is 24.1 Å². The van der Waals surface area contributed by atoms with Crippen molar-refractivity contribution < 1.29 is 5.11 Å². The number of rotatable bonds is 5. The van der Waals surface area contributed by atoms with E-state index in [2.05, 4.69) is 28.2 Å². The monoisotopic (exact) mass is 242 g/mol. The van der Waals surface area contributed by atoms with Crippen molar-refractivity contribution in [1.82, 2.24) is 9.88 Å². The van der Waals surface area contributed by atoms with Crippen LogP contribution in [-0.4, -0.2) is 15.7 Å². The van der Waals surface area contributed by atoms with Gasteiger partial charge in [0.25, 0.3) is 0 Å². The van der Waals surface area contributed by atoms with E-state index < -0.39 is 0 Å². The Morgan fingerprint density at radius 1 is 1.22 bits per heavy atom. The first-order chi connectivity index (χ1) is 8.81. The molecular weight excluding hydrogens is 224 g/mol. The van der Waals surface area contributed by atoms with Gasteiger partial charge >= 0.3 is 0 Å². The fraction of sp³-hybridized carbons (Fsp3) is 0.333. The molecule has 18 heavy (non-hydrogen) atoms. The number of hydrogen-bond donors (Lipinski definition) is 2. The smallest absolute Gasteiger partial charge is 0.115 e. The number of aromatic nitrogens is 1. The third-order valence-corrected chi connectivity index (χ3v) is 3.34. The standard InChI is InChI=1S/C15H18N2O/c18-15-5-1-3-12(9-15)11-17-8-2-4-14(17)10-16-13-6-7-13/h1-5,8-9,13,16,18H,6-7,10-11H2. The van der Waals surface area contributed by atoms with Crippen molar-refractivity contribution in [2.45, 2.75) is 32.0 Å². The van der Waals surface area contributed by atoms with Crippen molar-refractivity contribution in [2.24, 2.45) is 0 Å². The second-order valence-electron chi connectivity index (χ2n) is 4.95. The molecule has 94 valence electrons. The average molecular weight is 242 g/mol. The van der Waals surface area contributed by atoms with Crippen molar-refractivity contribution >= 4 is 0 Å². The zero-order chi connectivity index (χ0) is 12.4. The van der Waals surface area contributed by atoms with E-state index in [0.29, 0.717) is 5.75 Å². The zero-order valence-corrected chi connectivity index (χ0v) is 10.3. The molecule has 3 rings (SSSR count). The van der Waals surface area contributed by atoms with Gasteiger partial charge in [-0.2, -0.15) is 0 Å². The summed E-state index contributed by atoms with van der Waals surface area (Å²) in [6, 6.07) is 12.4. The summed E-state index contributed by atoms with van der Waals surface area (Å²) in [7, 11) is 0. The summed E-state index contributed by atoms with van der Waals surface area (Å²) in [5.41, 5.74) is 2.42. The van der Waals surface area contributed by atoms with Crippen molar-refractivity contribution in [1.29, 1.82) is 0 Å². The third-order valence-electron chi connectivity index (χ3n) is 3.34. The molecule has 0 amide bonds. The molecule has 0 unspecified atom stereocenters. The lowest BCUT2D eigenvalue weighted by molar-refractivity contribution is 0.474. The number of aromatic hydroxyl groups is 1. The van der Waals surface area contributed by atoms with E-state index in [9.17, 15) is 5.11 Å². The van der Waals surface area contributed by atoms with Gasteiger partial charge in [-0.15, -0.1) is 0 Å². The molecule has 0 radical (unpaired) electrons. The fourth-order valence-electron chi connectivity index (χ4n) is 2.15. The molecule has 0 saturated heterocycles. The number of phenols is 1. The lowest BCUT2D eigenvalue weighted by Gasteiger charge is -2.10. The van der Waals surface area contributed by atoms with E-state index in [4.69, 9.17) is 0 Å². The summed E-state index contributed by atoms with van der Waals surface area (Å²) in [4.78, 5) is 0. The van der Waals surface area contributed by atoms with Crippen LogP contribution in [0.5, 0.6) is 5.75 Å². The Morgan fingerprint density at radius 3 is 2.89 bits per heavy atom. The van der Waals surface area contributed by atoms with Crippen LogP contribution in [0.4, 0.5) is 0 Å². The summed E-state index contributed by atoms with van der Waals surface area (Å²) in [6.07, 6.45) is 4.72. The van der Waals surface area contributed by atoms with Crippen molar-refractivity contribution in [3.63, 3.8) is 0 Å². The molecule has 0 atom stereocenters. The fourth-order valence-corrected chi connectivity index (χ4v) is 2.15. The van der Waals surface area contributed by atoms with Gasteiger partial charge in [0.2, 0.25) is 0 Å². The van der Waals surface area contributed by atoms with Crippen LogP contribution in [0, 0.1) is 0 Å². The molecule has 0 bridgehead atoms. The summed E-state index contributed by atoms with van der Waals surface area (Å²) in [5, 5.41) is 13.0. The van der Waals surface area contributed by atoms with Crippen LogP contribution in [0.15, 0.2) is 42.6 Å². The summed E-state index contributed by atoms with van der Waals surface area (Å²) < 4.78 is 2.23. The number of benzene rings is 1. The first kappa shape index (κ1) is 11.4. The number of nitrogens with zero attached hydrogens (tertiary/aromatic N) is 1. The van der Waals surface area contributed by atoms with E-state index in [0.717, 1.165) is 24.7 Å². The van der Waals surface area contributed by atoms with Gasteiger partial charge in [0, 0.05) is 31.0 Å². The second-order valence-corrected chi connectivity index (χ2v) is 4.95. The molecule has 0 aliphatic heterocycles. The van der Waals surface area contributed by atoms with Gasteiger partial charge in [-0.25, -0.2) is 0 Å². The van der Waals surface area contributed by atoms with Crippen LogP contribution in [-0.2, 0) is 13.1 Å². The third kappa shape index (κ3) is 2.74. The van der Waals surface area contributed by atoms with E-state index in [1.54, 1.807) is 6.07 Å². The molecule has 1 aromatic heterocycles. The van der Waals surface area contributed by atoms with E-state index in [1.807, 2.05) is 18.2 Å². The Bertz CT molecular complexity index is 529. The maximum absolute atomic E-state index is 9.47. The van der Waals surface area contributed by atoms with Gasteiger partial charge in [0.1, 0.15) is 5.75 Å². The maximum atomic E-state index is 9.47. The van der Waals surface area contributed by atoms with Crippen LogP contribution >= 0.6 is 0 Å². The summed E-state index contributed by atoms with van der Waals surface area (Å²) >= 11 is 0. The zero-order valence-electron chi connectivity index (χ0n) is 10.3. The predicted octanol–water partition coefficient (Wildman–Crippen LogP) is 2.49. The molecule has 3 heteroatoms. The van der Waals surface area contributed by atoms with Crippen LogP contribution in [0.3, 0.4) is 0 Å². The maximum Gasteiger partial charge on any atom is 0.115 e. The van der Waals surface area contributed by atoms with Gasteiger partial charge in [0.05, 0.1) is 0 Å². The molecule has 3 nitrogen and oxygen atoms in total. The highest BCUT2D eigenvalue weighted by Crippen LogP contribution is 2.19. The highest BCUT2D eigenvalue weighted by molar-refractivity contribution is 5.27. The number of phenolic OH excluding ortho intramolecular Hbond substituents is 1. The molecule has 1 aliphatic rings. The number of hydrogen-bond acceptors (Lipinski definition) is 2. The molecule has 2 aromatic rings. The largest absolute Gasteiger partial charge is 0.508 e. The quantitative estimate of drug-likeness (QED) is 0.845. The normalized spacial score (nSPS) is 14.9. The van der Waals surface area contributed by atoms with E-state index >= 15 is 0 Å². The van der Waals surface area contributed by atoms with Crippen molar-refractivity contribution in [2.75, 3.05) is 0 Å². The van der Waals surface area contributed by atoms with Crippen LogP contribution < -0.4 is 5.32 Å². The molecule has 1 saturated carbocycles. The van der Waals surface area contributed by atoms with Gasteiger partial charge in [0.15, 0.2) is 0 Å². The van der Waals surface area contributed by atoms with E-state index in [1.165, 1.54) is 18.5 Å². The SMILES string of the molecule is Oc1cccc(Cn2cccc2CNC2CC2)c1. The summed E-state index contributed by atoms with van der Waals surface area (Å²) in [5.74, 6) is 0.331. The molecule has 1 heterocycles. The van der Waals surface area contributed by atoms with Gasteiger partial charge in [-0.1, -0.05) is 12.1 Å². The topological polar surface area (TPSA) is 37.2 Å². The Morgan fingerprint density at radius 2 is 2.11 bits per heavy atom. The Kier molecular flexibility index (Phi) is 3.07. The van der Waals surface area contributed by atoms with Crippen LogP contribution in [0.2, 0.25) is 0 Å². The van der Waals surface area contributed by atoms with Gasteiger partial charge in [-0.05, 0) is 42.7 Å². The molecule has 1 fully saturated rings. The van der Waals surface area contributed by atoms with E-state index in [-0.39, 0.29) is 0 Å². The van der Waals surface area contributed by atoms with Crippen molar-refractivity contribution in [3.8, 4) is 5.75 Å². The van der Waals surface area contributed by atoms with Crippen molar-refractivity contribution in [3.05, 3.63) is 53.9 Å². The Hall–Kier alpha value is -1.74. The molecule has 1 aliphatic carbocycles. The number of nitrogens with one attached hydrogen (secondary N) is 1. The molecule has 1 aromatic carbocycles. The predicted molar refractivity (Wildman–Crippen MR) is 71.5 cm³/mol. The van der Waals surface area contributed by atoms with Crippen LogP contribution in [0.25, 0.3) is 0 Å². The highest BCUT2D eigenvalue weighted by Gasteiger charge is 2.20. The Labute approximate surface area is 107 Å². The molecule has 2 N–H and O–H groups in total. The van der Waals surface area contributed by atoms with Gasteiger partial charge in [-0.3, -0.25) is 0 Å². The molecular formula is C15H18N2O. The lowest BCUT2D eigenvalue weighted by atomic mass is 10.2. The minimum atomic E-state index is 0.331. The lowest BCUT2D eigenvalue weighted by Crippen LogP contribution is -2.18. The minimum Gasteiger partial charge on any atom is -0.508 e. The van der Waals surface area contributed by atoms with Gasteiger partial charge < -0.3 is 15.0 Å². The minimum absolute atomic E-state index is 0.331. The summed E-state index contributed by atoms with van der Waals surface area (Å²) in [6.45, 7) is 1.74. The first-order valence-electron chi connectivity index (χ1n) is 6.46.